The van der Waals surface area contributed by atoms with Crippen LogP contribution in [-0.2, 0) is 9.59 Å². The first kappa shape index (κ1) is 14.5. The van der Waals surface area contributed by atoms with Crippen molar-refractivity contribution >= 4 is 17.6 Å². The van der Waals surface area contributed by atoms with Gasteiger partial charge >= 0.3 is 5.97 Å². The lowest BCUT2D eigenvalue weighted by molar-refractivity contribution is -0.142. The van der Waals surface area contributed by atoms with Crippen molar-refractivity contribution in [2.45, 2.75) is 6.92 Å². The van der Waals surface area contributed by atoms with Crippen LogP contribution in [0.1, 0.15) is 6.92 Å². The molecule has 0 aliphatic carbocycles. The Hall–Kier alpha value is -1.95. The Morgan fingerprint density at radius 1 is 1.35 bits per heavy atom. The molecule has 6 heteroatoms. The minimum Gasteiger partial charge on any atom is -0.481 e. The molecule has 20 heavy (non-hydrogen) atoms. The third kappa shape index (κ3) is 3.54. The van der Waals surface area contributed by atoms with Gasteiger partial charge in [0.05, 0.1) is 12.5 Å². The van der Waals surface area contributed by atoms with Crippen LogP contribution >= 0.6 is 0 Å². The highest BCUT2D eigenvalue weighted by molar-refractivity contribution is 5.92. The molecule has 0 spiro atoms. The summed E-state index contributed by atoms with van der Waals surface area (Å²) in [5, 5.41) is 11.7. The first-order valence-electron chi connectivity index (χ1n) is 6.46. The molecule has 108 valence electrons. The molecule has 1 aliphatic rings. The van der Waals surface area contributed by atoms with Crippen LogP contribution in [0.5, 0.6) is 0 Å². The van der Waals surface area contributed by atoms with Gasteiger partial charge in [-0.1, -0.05) is 6.92 Å². The predicted molar refractivity (Wildman–Crippen MR) is 71.8 cm³/mol. The van der Waals surface area contributed by atoms with Crippen LogP contribution in [0.2, 0.25) is 0 Å². The number of amides is 1. The van der Waals surface area contributed by atoms with Gasteiger partial charge in [0.1, 0.15) is 5.82 Å². The van der Waals surface area contributed by atoms with Gasteiger partial charge in [0.2, 0.25) is 5.91 Å². The molecule has 1 aromatic rings. The fourth-order valence-corrected chi connectivity index (χ4v) is 2.45. The van der Waals surface area contributed by atoms with Crippen molar-refractivity contribution in [3.05, 3.63) is 30.1 Å². The van der Waals surface area contributed by atoms with Gasteiger partial charge in [-0.3, -0.25) is 14.5 Å². The lowest BCUT2D eigenvalue weighted by Crippen LogP contribution is -2.32. The van der Waals surface area contributed by atoms with Crippen LogP contribution < -0.4 is 5.32 Å². The monoisotopic (exact) mass is 280 g/mol. The quantitative estimate of drug-likeness (QED) is 0.875. The number of anilines is 1. The van der Waals surface area contributed by atoms with Gasteiger partial charge in [-0.15, -0.1) is 0 Å². The molecule has 2 N–H and O–H groups in total. The van der Waals surface area contributed by atoms with E-state index in [0.717, 1.165) is 0 Å². The van der Waals surface area contributed by atoms with E-state index in [1.54, 1.807) is 0 Å². The second kappa shape index (κ2) is 6.00. The zero-order chi connectivity index (χ0) is 14.7. The SMILES string of the molecule is C[C@@H]1CN(CC(=O)Nc2ccc(F)cc2)C[C@H]1C(=O)O. The van der Waals surface area contributed by atoms with Crippen molar-refractivity contribution in [1.29, 1.82) is 0 Å². The molecule has 0 unspecified atom stereocenters. The van der Waals surface area contributed by atoms with Crippen molar-refractivity contribution in [1.82, 2.24) is 4.90 Å². The van der Waals surface area contributed by atoms with Crippen molar-refractivity contribution in [3.8, 4) is 0 Å². The van der Waals surface area contributed by atoms with E-state index in [2.05, 4.69) is 5.32 Å². The Morgan fingerprint density at radius 2 is 2.00 bits per heavy atom. The summed E-state index contributed by atoms with van der Waals surface area (Å²) in [5.41, 5.74) is 0.526. The van der Waals surface area contributed by atoms with Crippen molar-refractivity contribution < 1.29 is 19.1 Å². The lowest BCUT2D eigenvalue weighted by Gasteiger charge is -2.14. The maximum Gasteiger partial charge on any atom is 0.308 e. The number of hydrogen-bond acceptors (Lipinski definition) is 3. The molecular formula is C14H17FN2O3. The summed E-state index contributed by atoms with van der Waals surface area (Å²) in [4.78, 5) is 24.7. The summed E-state index contributed by atoms with van der Waals surface area (Å²) in [7, 11) is 0. The van der Waals surface area contributed by atoms with Gasteiger partial charge in [-0.25, -0.2) is 4.39 Å². The molecule has 1 saturated heterocycles. The fourth-order valence-electron chi connectivity index (χ4n) is 2.45. The van der Waals surface area contributed by atoms with Gasteiger partial charge in [0, 0.05) is 18.8 Å². The maximum atomic E-state index is 12.7. The standard InChI is InChI=1S/C14H17FN2O3/c1-9-6-17(7-12(9)14(19)20)8-13(18)16-11-4-2-10(15)3-5-11/h2-5,9,12H,6-8H2,1H3,(H,16,18)(H,19,20)/t9-,12-/m1/s1. The number of halogens is 1. The number of carboxylic acid groups (broad SMARTS) is 1. The molecule has 2 atom stereocenters. The van der Waals surface area contributed by atoms with E-state index in [1.807, 2.05) is 11.8 Å². The molecule has 1 heterocycles. The summed E-state index contributed by atoms with van der Waals surface area (Å²) >= 11 is 0. The fraction of sp³-hybridized carbons (Fsp3) is 0.429. The average Bonchev–Trinajstić information content (AvgIpc) is 2.73. The number of likely N-dealkylation sites (tertiary alicyclic amines) is 1. The highest BCUT2D eigenvalue weighted by Crippen LogP contribution is 2.22. The third-order valence-electron chi connectivity index (χ3n) is 3.50. The molecule has 1 aliphatic heterocycles. The van der Waals surface area contributed by atoms with E-state index < -0.39 is 11.9 Å². The summed E-state index contributed by atoms with van der Waals surface area (Å²) in [6, 6.07) is 5.52. The number of benzene rings is 1. The second-order valence-electron chi connectivity index (χ2n) is 5.17. The molecule has 1 fully saturated rings. The molecule has 2 rings (SSSR count). The smallest absolute Gasteiger partial charge is 0.308 e. The topological polar surface area (TPSA) is 69.6 Å². The number of nitrogens with zero attached hydrogens (tertiary/aromatic N) is 1. The van der Waals surface area contributed by atoms with E-state index in [0.29, 0.717) is 18.8 Å². The Labute approximate surface area is 116 Å². The van der Waals surface area contributed by atoms with E-state index in [4.69, 9.17) is 5.11 Å². The zero-order valence-corrected chi connectivity index (χ0v) is 11.2. The van der Waals surface area contributed by atoms with Gasteiger partial charge in [0.15, 0.2) is 0 Å². The minimum atomic E-state index is -0.820. The Balaban J connectivity index is 1.86. The molecule has 1 amide bonds. The molecule has 0 saturated carbocycles. The number of rotatable bonds is 4. The first-order valence-corrected chi connectivity index (χ1v) is 6.46. The predicted octanol–water partition coefficient (Wildman–Crippen LogP) is 1.42. The molecule has 0 radical (unpaired) electrons. The number of hydrogen-bond donors (Lipinski definition) is 2. The Kier molecular flexibility index (Phi) is 4.34. The van der Waals surface area contributed by atoms with Gasteiger partial charge < -0.3 is 10.4 Å². The highest BCUT2D eigenvalue weighted by Gasteiger charge is 2.35. The summed E-state index contributed by atoms with van der Waals surface area (Å²) in [6.07, 6.45) is 0. The largest absolute Gasteiger partial charge is 0.481 e. The number of aliphatic carboxylic acids is 1. The van der Waals surface area contributed by atoms with Crippen LogP contribution in [0.4, 0.5) is 10.1 Å². The zero-order valence-electron chi connectivity index (χ0n) is 11.2. The highest BCUT2D eigenvalue weighted by atomic mass is 19.1. The molecule has 5 nitrogen and oxygen atoms in total. The number of carboxylic acids is 1. The molecule has 1 aromatic carbocycles. The number of carbonyl (C=O) groups is 2. The van der Waals surface area contributed by atoms with Crippen molar-refractivity contribution in [2.24, 2.45) is 11.8 Å². The summed E-state index contributed by atoms with van der Waals surface area (Å²) in [5.74, 6) is -1.80. The Bertz CT molecular complexity index is 504. The number of nitrogens with one attached hydrogen (secondary N) is 1. The van der Waals surface area contributed by atoms with Crippen LogP contribution in [0.25, 0.3) is 0 Å². The van der Waals surface area contributed by atoms with Crippen LogP contribution in [-0.4, -0.2) is 41.5 Å². The molecule has 0 aromatic heterocycles. The van der Waals surface area contributed by atoms with E-state index in [-0.39, 0.29) is 24.2 Å². The van der Waals surface area contributed by atoms with Crippen molar-refractivity contribution in [2.75, 3.05) is 25.0 Å². The normalized spacial score (nSPS) is 22.7. The summed E-state index contributed by atoms with van der Waals surface area (Å²) in [6.45, 7) is 2.99. The maximum absolute atomic E-state index is 12.7. The minimum absolute atomic E-state index is 0.0334. The van der Waals surface area contributed by atoms with E-state index >= 15 is 0 Å². The van der Waals surface area contributed by atoms with Gasteiger partial charge in [-0.2, -0.15) is 0 Å². The molecular weight excluding hydrogens is 263 g/mol. The van der Waals surface area contributed by atoms with Gasteiger partial charge in [0.25, 0.3) is 0 Å². The first-order chi connectivity index (χ1) is 9.45. The van der Waals surface area contributed by atoms with Gasteiger partial charge in [-0.05, 0) is 30.2 Å². The van der Waals surface area contributed by atoms with Crippen LogP contribution in [0, 0.1) is 17.7 Å². The third-order valence-corrected chi connectivity index (χ3v) is 3.50. The van der Waals surface area contributed by atoms with Crippen LogP contribution in [0.15, 0.2) is 24.3 Å². The number of carbonyl (C=O) groups excluding carboxylic acids is 1. The van der Waals surface area contributed by atoms with E-state index in [1.165, 1.54) is 24.3 Å². The Morgan fingerprint density at radius 3 is 2.55 bits per heavy atom. The van der Waals surface area contributed by atoms with Crippen molar-refractivity contribution in [3.63, 3.8) is 0 Å². The summed E-state index contributed by atoms with van der Waals surface area (Å²) < 4.78 is 12.7. The average molecular weight is 280 g/mol. The van der Waals surface area contributed by atoms with E-state index in [9.17, 15) is 14.0 Å². The van der Waals surface area contributed by atoms with Crippen LogP contribution in [0.3, 0.4) is 0 Å². The molecule has 0 bridgehead atoms. The lowest BCUT2D eigenvalue weighted by atomic mass is 9.99. The second-order valence-corrected chi connectivity index (χ2v) is 5.17.